The third kappa shape index (κ3) is 3.70. The van der Waals surface area contributed by atoms with Gasteiger partial charge in [0.15, 0.2) is 0 Å². The molecule has 0 aromatic heterocycles. The lowest BCUT2D eigenvalue weighted by Gasteiger charge is -2.32. The lowest BCUT2D eigenvalue weighted by Crippen LogP contribution is -2.36. The standard InChI is InChI=1S/C15H21FN2O2/c1-20-14-6-2-5-13(16)12(14)10-18-7-3-4-11(9-18)8-15(17)19/h2,5-6,11H,3-4,7-10H2,1H3,(H2,17,19)/t11-/m0/s1. The van der Waals surface area contributed by atoms with Gasteiger partial charge in [0, 0.05) is 25.1 Å². The second kappa shape index (κ2) is 6.70. The van der Waals surface area contributed by atoms with Crippen molar-refractivity contribution in [1.82, 2.24) is 4.90 Å². The van der Waals surface area contributed by atoms with Crippen molar-refractivity contribution >= 4 is 5.91 Å². The van der Waals surface area contributed by atoms with E-state index in [-0.39, 0.29) is 17.6 Å². The van der Waals surface area contributed by atoms with Crippen LogP contribution in [0.25, 0.3) is 0 Å². The molecule has 1 fully saturated rings. The van der Waals surface area contributed by atoms with Crippen molar-refractivity contribution in [3.63, 3.8) is 0 Å². The van der Waals surface area contributed by atoms with E-state index in [2.05, 4.69) is 4.90 Å². The SMILES string of the molecule is COc1cccc(F)c1CN1CCC[C@@H](CC(N)=O)C1. The summed E-state index contributed by atoms with van der Waals surface area (Å²) < 4.78 is 19.1. The summed E-state index contributed by atoms with van der Waals surface area (Å²) in [7, 11) is 1.55. The van der Waals surface area contributed by atoms with E-state index in [0.717, 1.165) is 25.9 Å². The van der Waals surface area contributed by atoms with Gasteiger partial charge in [0.05, 0.1) is 7.11 Å². The van der Waals surface area contributed by atoms with Gasteiger partial charge in [-0.05, 0) is 37.4 Å². The topological polar surface area (TPSA) is 55.6 Å². The maximum Gasteiger partial charge on any atom is 0.217 e. The zero-order chi connectivity index (χ0) is 14.5. The second-order valence-corrected chi connectivity index (χ2v) is 5.33. The lowest BCUT2D eigenvalue weighted by molar-refractivity contribution is -0.119. The molecule has 0 bridgehead atoms. The van der Waals surface area contributed by atoms with Gasteiger partial charge in [-0.25, -0.2) is 4.39 Å². The summed E-state index contributed by atoms with van der Waals surface area (Å²) in [4.78, 5) is 13.2. The van der Waals surface area contributed by atoms with Gasteiger partial charge >= 0.3 is 0 Å². The largest absolute Gasteiger partial charge is 0.496 e. The maximum atomic E-state index is 13.9. The molecule has 0 radical (unpaired) electrons. The molecule has 1 heterocycles. The van der Waals surface area contributed by atoms with E-state index in [1.165, 1.54) is 6.07 Å². The Hall–Kier alpha value is -1.62. The highest BCUT2D eigenvalue weighted by Gasteiger charge is 2.23. The van der Waals surface area contributed by atoms with Gasteiger partial charge in [0.1, 0.15) is 11.6 Å². The minimum atomic E-state index is -0.264. The van der Waals surface area contributed by atoms with Crippen LogP contribution in [0, 0.1) is 11.7 Å². The van der Waals surface area contributed by atoms with Gasteiger partial charge in [0.2, 0.25) is 5.91 Å². The van der Waals surface area contributed by atoms with E-state index in [1.807, 2.05) is 0 Å². The molecule has 0 spiro atoms. The van der Waals surface area contributed by atoms with Gasteiger partial charge in [0.25, 0.3) is 0 Å². The summed E-state index contributed by atoms with van der Waals surface area (Å²) in [6.45, 7) is 2.19. The molecular weight excluding hydrogens is 259 g/mol. The number of likely N-dealkylation sites (tertiary alicyclic amines) is 1. The first-order valence-corrected chi connectivity index (χ1v) is 6.92. The van der Waals surface area contributed by atoms with Crippen molar-refractivity contribution in [1.29, 1.82) is 0 Å². The number of amides is 1. The number of ether oxygens (including phenoxy) is 1. The number of methoxy groups -OCH3 is 1. The van der Waals surface area contributed by atoms with Crippen LogP contribution in [-0.4, -0.2) is 31.0 Å². The second-order valence-electron chi connectivity index (χ2n) is 5.33. The van der Waals surface area contributed by atoms with Crippen LogP contribution in [0.2, 0.25) is 0 Å². The highest BCUT2D eigenvalue weighted by molar-refractivity contribution is 5.74. The number of piperidine rings is 1. The minimum absolute atomic E-state index is 0.249. The molecule has 0 unspecified atom stereocenters. The van der Waals surface area contributed by atoms with Crippen LogP contribution < -0.4 is 10.5 Å². The Labute approximate surface area is 118 Å². The van der Waals surface area contributed by atoms with Crippen LogP contribution in [0.4, 0.5) is 4.39 Å². The highest BCUT2D eigenvalue weighted by Crippen LogP contribution is 2.26. The fourth-order valence-corrected chi connectivity index (χ4v) is 2.85. The Morgan fingerprint density at radius 2 is 2.35 bits per heavy atom. The summed E-state index contributed by atoms with van der Waals surface area (Å²) in [5.74, 6) is 0.336. The number of carbonyl (C=O) groups is 1. The van der Waals surface area contributed by atoms with Crippen LogP contribution in [0.1, 0.15) is 24.8 Å². The molecule has 5 heteroatoms. The number of carbonyl (C=O) groups excluding carboxylic acids is 1. The first kappa shape index (κ1) is 14.8. The van der Waals surface area contributed by atoms with Crippen molar-refractivity contribution in [2.45, 2.75) is 25.8 Å². The monoisotopic (exact) mass is 280 g/mol. The summed E-state index contributed by atoms with van der Waals surface area (Å²) in [5, 5.41) is 0. The van der Waals surface area contributed by atoms with Gasteiger partial charge in [-0.15, -0.1) is 0 Å². The van der Waals surface area contributed by atoms with Crippen LogP contribution in [0.5, 0.6) is 5.75 Å². The molecule has 110 valence electrons. The van der Waals surface area contributed by atoms with E-state index >= 15 is 0 Å². The van der Waals surface area contributed by atoms with Crippen molar-refractivity contribution in [2.75, 3.05) is 20.2 Å². The third-order valence-corrected chi connectivity index (χ3v) is 3.77. The van der Waals surface area contributed by atoms with Crippen molar-refractivity contribution < 1.29 is 13.9 Å². The van der Waals surface area contributed by atoms with Gasteiger partial charge < -0.3 is 10.5 Å². The van der Waals surface area contributed by atoms with Crippen LogP contribution in [0.15, 0.2) is 18.2 Å². The number of rotatable bonds is 5. The average Bonchev–Trinajstić information content (AvgIpc) is 2.41. The van der Waals surface area contributed by atoms with Gasteiger partial charge in [-0.1, -0.05) is 6.07 Å². The Balaban J connectivity index is 2.04. The van der Waals surface area contributed by atoms with Crippen LogP contribution >= 0.6 is 0 Å². The molecule has 20 heavy (non-hydrogen) atoms. The van der Waals surface area contributed by atoms with Gasteiger partial charge in [-0.2, -0.15) is 0 Å². The van der Waals surface area contributed by atoms with E-state index < -0.39 is 0 Å². The quantitative estimate of drug-likeness (QED) is 0.896. The van der Waals surface area contributed by atoms with Crippen molar-refractivity contribution in [3.8, 4) is 5.75 Å². The molecule has 1 aromatic rings. The molecule has 2 N–H and O–H groups in total. The summed E-state index contributed by atoms with van der Waals surface area (Å²) >= 11 is 0. The predicted molar refractivity (Wildman–Crippen MR) is 74.8 cm³/mol. The number of nitrogens with zero attached hydrogens (tertiary/aromatic N) is 1. The molecule has 0 saturated carbocycles. The molecule has 1 amide bonds. The van der Waals surface area contributed by atoms with E-state index in [0.29, 0.717) is 24.3 Å². The first-order valence-electron chi connectivity index (χ1n) is 6.92. The number of nitrogens with two attached hydrogens (primary N) is 1. The van der Waals surface area contributed by atoms with Crippen LogP contribution in [-0.2, 0) is 11.3 Å². The zero-order valence-corrected chi connectivity index (χ0v) is 11.8. The fraction of sp³-hybridized carbons (Fsp3) is 0.533. The van der Waals surface area contributed by atoms with E-state index in [9.17, 15) is 9.18 Å². The Bertz CT molecular complexity index is 479. The highest BCUT2D eigenvalue weighted by atomic mass is 19.1. The molecular formula is C15H21FN2O2. The van der Waals surface area contributed by atoms with Gasteiger partial charge in [-0.3, -0.25) is 9.69 Å². The number of primary amides is 1. The average molecular weight is 280 g/mol. The zero-order valence-electron chi connectivity index (χ0n) is 11.8. The molecule has 1 aliphatic heterocycles. The number of hydrogen-bond donors (Lipinski definition) is 1. The normalized spacial score (nSPS) is 19.8. The van der Waals surface area contributed by atoms with E-state index in [1.54, 1.807) is 19.2 Å². The predicted octanol–water partition coefficient (Wildman–Crippen LogP) is 1.92. The van der Waals surface area contributed by atoms with Crippen molar-refractivity contribution in [2.24, 2.45) is 11.7 Å². The number of halogens is 1. The summed E-state index contributed by atoms with van der Waals surface area (Å²) in [6, 6.07) is 4.86. The first-order chi connectivity index (χ1) is 9.60. The molecule has 1 aromatic carbocycles. The molecule has 2 rings (SSSR count). The Morgan fingerprint density at radius 3 is 3.05 bits per heavy atom. The fourth-order valence-electron chi connectivity index (χ4n) is 2.85. The van der Waals surface area contributed by atoms with Crippen molar-refractivity contribution in [3.05, 3.63) is 29.6 Å². The minimum Gasteiger partial charge on any atom is -0.496 e. The lowest BCUT2D eigenvalue weighted by atomic mass is 9.94. The van der Waals surface area contributed by atoms with E-state index in [4.69, 9.17) is 10.5 Å². The van der Waals surface area contributed by atoms with Crippen LogP contribution in [0.3, 0.4) is 0 Å². The molecule has 0 aliphatic carbocycles. The summed E-state index contributed by atoms with van der Waals surface area (Å²) in [6.07, 6.45) is 2.42. The smallest absolute Gasteiger partial charge is 0.217 e. The molecule has 4 nitrogen and oxygen atoms in total. The summed E-state index contributed by atoms with van der Waals surface area (Å²) in [5.41, 5.74) is 5.83. The Kier molecular flexibility index (Phi) is 4.95. The molecule has 1 saturated heterocycles. The third-order valence-electron chi connectivity index (χ3n) is 3.77. The molecule has 1 aliphatic rings. The number of hydrogen-bond acceptors (Lipinski definition) is 3. The molecule has 1 atom stereocenters. The number of benzene rings is 1. The maximum absolute atomic E-state index is 13.9. The Morgan fingerprint density at radius 1 is 1.55 bits per heavy atom.